The third kappa shape index (κ3) is 4.33. The van der Waals surface area contributed by atoms with Gasteiger partial charge in [0.1, 0.15) is 11.9 Å². The first kappa shape index (κ1) is 19.0. The molecule has 3 aromatic carbocycles. The van der Waals surface area contributed by atoms with Gasteiger partial charge in [-0.2, -0.15) is 0 Å². The van der Waals surface area contributed by atoms with Crippen LogP contribution in [0.3, 0.4) is 0 Å². The molecule has 3 aromatic rings. The number of aliphatic hydroxyl groups excluding tert-OH is 1. The van der Waals surface area contributed by atoms with Gasteiger partial charge in [0.25, 0.3) is 0 Å². The molecule has 27 heavy (non-hydrogen) atoms. The van der Waals surface area contributed by atoms with Crippen molar-refractivity contribution in [3.63, 3.8) is 0 Å². The lowest BCUT2D eigenvalue weighted by atomic mass is 9.80. The standard InChI is InChI=1S/C24H24O3/c25-18-16-23(26)17-19-27-24(20-10-4-1-5-11-20,21-12-6-2-7-13-21)22-14-8-3-9-15-22/h1-15,18,23,26H,16-17,19H2/t23-/m0/s1. The molecule has 3 heteroatoms. The Hall–Kier alpha value is -2.75. The second-order valence-corrected chi connectivity index (χ2v) is 6.47. The maximum Gasteiger partial charge on any atom is 0.143 e. The third-order valence-electron chi connectivity index (χ3n) is 4.68. The average Bonchev–Trinajstić information content (AvgIpc) is 2.73. The Morgan fingerprint density at radius 2 is 1.19 bits per heavy atom. The summed E-state index contributed by atoms with van der Waals surface area (Å²) >= 11 is 0. The van der Waals surface area contributed by atoms with Crippen molar-refractivity contribution in [2.75, 3.05) is 6.61 Å². The van der Waals surface area contributed by atoms with Crippen LogP contribution < -0.4 is 0 Å². The molecular formula is C24H24O3. The first-order valence-electron chi connectivity index (χ1n) is 9.19. The topological polar surface area (TPSA) is 46.5 Å². The number of carbonyl (C=O) groups is 1. The highest BCUT2D eigenvalue weighted by molar-refractivity contribution is 5.50. The van der Waals surface area contributed by atoms with Gasteiger partial charge in [0.2, 0.25) is 0 Å². The first-order valence-corrected chi connectivity index (χ1v) is 9.19. The molecule has 0 amide bonds. The molecule has 0 aliphatic carbocycles. The van der Waals surface area contributed by atoms with E-state index < -0.39 is 11.7 Å². The van der Waals surface area contributed by atoms with Crippen molar-refractivity contribution in [2.45, 2.75) is 24.5 Å². The Morgan fingerprint density at radius 1 is 0.778 bits per heavy atom. The molecule has 0 aromatic heterocycles. The van der Waals surface area contributed by atoms with Gasteiger partial charge in [-0.15, -0.1) is 0 Å². The number of hydrogen-bond donors (Lipinski definition) is 1. The van der Waals surface area contributed by atoms with E-state index in [9.17, 15) is 9.90 Å². The van der Waals surface area contributed by atoms with Crippen molar-refractivity contribution in [2.24, 2.45) is 0 Å². The van der Waals surface area contributed by atoms with E-state index in [0.717, 1.165) is 23.0 Å². The average molecular weight is 360 g/mol. The summed E-state index contributed by atoms with van der Waals surface area (Å²) in [6.07, 6.45) is 0.567. The minimum absolute atomic E-state index is 0.123. The number of rotatable bonds is 9. The summed E-state index contributed by atoms with van der Waals surface area (Å²) in [6, 6.07) is 30.3. The molecular weight excluding hydrogens is 336 g/mol. The fourth-order valence-corrected chi connectivity index (χ4v) is 3.35. The van der Waals surface area contributed by atoms with Crippen LogP contribution in [-0.2, 0) is 15.1 Å². The van der Waals surface area contributed by atoms with Gasteiger partial charge >= 0.3 is 0 Å². The highest BCUT2D eigenvalue weighted by atomic mass is 16.5. The SMILES string of the molecule is O=CC[C@H](O)CCOC(c1ccccc1)(c1ccccc1)c1ccccc1. The van der Waals surface area contributed by atoms with Gasteiger partial charge in [0, 0.05) is 6.42 Å². The molecule has 0 radical (unpaired) electrons. The monoisotopic (exact) mass is 360 g/mol. The lowest BCUT2D eigenvalue weighted by molar-refractivity contribution is -0.109. The van der Waals surface area contributed by atoms with Crippen molar-refractivity contribution < 1.29 is 14.6 Å². The summed E-state index contributed by atoms with van der Waals surface area (Å²) in [5.74, 6) is 0. The summed E-state index contributed by atoms with van der Waals surface area (Å²) in [7, 11) is 0. The number of carbonyl (C=O) groups excluding carboxylic acids is 1. The highest BCUT2D eigenvalue weighted by Crippen LogP contribution is 2.40. The lowest BCUT2D eigenvalue weighted by Gasteiger charge is -2.36. The van der Waals surface area contributed by atoms with Crippen molar-refractivity contribution in [3.05, 3.63) is 108 Å². The van der Waals surface area contributed by atoms with Crippen LogP contribution in [0, 0.1) is 0 Å². The number of benzene rings is 3. The zero-order chi connectivity index (χ0) is 19.0. The largest absolute Gasteiger partial charge is 0.393 e. The molecule has 0 fully saturated rings. The van der Waals surface area contributed by atoms with Crippen LogP contribution in [0.1, 0.15) is 29.5 Å². The van der Waals surface area contributed by atoms with E-state index in [1.165, 1.54) is 0 Å². The van der Waals surface area contributed by atoms with Crippen molar-refractivity contribution in [3.8, 4) is 0 Å². The van der Waals surface area contributed by atoms with Crippen molar-refractivity contribution in [1.82, 2.24) is 0 Å². The maximum absolute atomic E-state index is 10.6. The highest BCUT2D eigenvalue weighted by Gasteiger charge is 2.37. The molecule has 3 rings (SSSR count). The van der Waals surface area contributed by atoms with Gasteiger partial charge in [-0.05, 0) is 23.1 Å². The third-order valence-corrected chi connectivity index (χ3v) is 4.68. The minimum atomic E-state index is -0.787. The molecule has 0 heterocycles. The Bertz CT molecular complexity index is 719. The quantitative estimate of drug-likeness (QED) is 0.456. The predicted molar refractivity (Wildman–Crippen MR) is 106 cm³/mol. The van der Waals surface area contributed by atoms with Gasteiger partial charge in [-0.3, -0.25) is 0 Å². The number of aldehydes is 1. The zero-order valence-electron chi connectivity index (χ0n) is 15.2. The predicted octanol–water partition coefficient (Wildman–Crippen LogP) is 4.34. The van der Waals surface area contributed by atoms with Crippen LogP contribution in [0.15, 0.2) is 91.0 Å². The molecule has 0 bridgehead atoms. The van der Waals surface area contributed by atoms with Gasteiger partial charge in [0.15, 0.2) is 0 Å². The summed E-state index contributed by atoms with van der Waals surface area (Å²) < 4.78 is 6.53. The second kappa shape index (κ2) is 9.26. The summed E-state index contributed by atoms with van der Waals surface area (Å²) in [5, 5.41) is 9.95. The van der Waals surface area contributed by atoms with E-state index in [2.05, 4.69) is 36.4 Å². The Labute approximate surface area is 160 Å². The van der Waals surface area contributed by atoms with E-state index in [-0.39, 0.29) is 6.42 Å². The maximum atomic E-state index is 10.6. The van der Waals surface area contributed by atoms with E-state index in [0.29, 0.717) is 13.0 Å². The van der Waals surface area contributed by atoms with Gasteiger partial charge in [-0.1, -0.05) is 91.0 Å². The van der Waals surface area contributed by atoms with Crippen LogP contribution in [0.2, 0.25) is 0 Å². The lowest BCUT2D eigenvalue weighted by Crippen LogP contribution is -2.34. The van der Waals surface area contributed by atoms with Crippen LogP contribution in [-0.4, -0.2) is 24.1 Å². The van der Waals surface area contributed by atoms with Gasteiger partial charge in [0.05, 0.1) is 12.7 Å². The van der Waals surface area contributed by atoms with Crippen LogP contribution in [0.5, 0.6) is 0 Å². The number of ether oxygens (including phenoxy) is 1. The van der Waals surface area contributed by atoms with Crippen molar-refractivity contribution in [1.29, 1.82) is 0 Å². The van der Waals surface area contributed by atoms with Crippen LogP contribution in [0.25, 0.3) is 0 Å². The normalized spacial score (nSPS) is 12.5. The fourth-order valence-electron chi connectivity index (χ4n) is 3.35. The van der Waals surface area contributed by atoms with Gasteiger partial charge in [-0.25, -0.2) is 0 Å². The first-order chi connectivity index (χ1) is 13.3. The molecule has 1 atom stereocenters. The molecule has 0 unspecified atom stereocenters. The summed E-state index contributed by atoms with van der Waals surface area (Å²) in [5.41, 5.74) is 2.27. The molecule has 0 aliphatic heterocycles. The minimum Gasteiger partial charge on any atom is -0.393 e. The summed E-state index contributed by atoms with van der Waals surface area (Å²) in [4.78, 5) is 10.6. The van der Waals surface area contributed by atoms with E-state index in [1.807, 2.05) is 54.6 Å². The Morgan fingerprint density at radius 3 is 1.56 bits per heavy atom. The van der Waals surface area contributed by atoms with E-state index >= 15 is 0 Å². The molecule has 138 valence electrons. The summed E-state index contributed by atoms with van der Waals surface area (Å²) in [6.45, 7) is 0.327. The van der Waals surface area contributed by atoms with E-state index in [4.69, 9.17) is 4.74 Å². The number of aliphatic hydroxyl groups is 1. The number of hydrogen-bond acceptors (Lipinski definition) is 3. The van der Waals surface area contributed by atoms with Gasteiger partial charge < -0.3 is 14.6 Å². The molecule has 0 saturated heterocycles. The smallest absolute Gasteiger partial charge is 0.143 e. The van der Waals surface area contributed by atoms with Crippen molar-refractivity contribution >= 4 is 6.29 Å². The Kier molecular flexibility index (Phi) is 6.53. The Balaban J connectivity index is 2.07. The molecule has 0 aliphatic rings. The van der Waals surface area contributed by atoms with E-state index in [1.54, 1.807) is 0 Å². The van der Waals surface area contributed by atoms with Crippen LogP contribution >= 0.6 is 0 Å². The molecule has 0 spiro atoms. The second-order valence-electron chi connectivity index (χ2n) is 6.47. The zero-order valence-corrected chi connectivity index (χ0v) is 15.2. The van der Waals surface area contributed by atoms with Crippen LogP contribution in [0.4, 0.5) is 0 Å². The fraction of sp³-hybridized carbons (Fsp3) is 0.208. The molecule has 3 nitrogen and oxygen atoms in total. The molecule has 1 N–H and O–H groups in total. The molecule has 0 saturated carbocycles.